The van der Waals surface area contributed by atoms with E-state index < -0.39 is 30.4 Å². The van der Waals surface area contributed by atoms with Crippen LogP contribution in [0.25, 0.3) is 5.82 Å². The summed E-state index contributed by atoms with van der Waals surface area (Å²) in [5.74, 6) is 2.09. The summed E-state index contributed by atoms with van der Waals surface area (Å²) in [6.45, 7) is 1.22. The first kappa shape index (κ1) is 29.0. The molecule has 0 radical (unpaired) electrons. The maximum atomic E-state index is 13.5. The molecule has 0 saturated heterocycles. The average Bonchev–Trinajstić information content (AvgIpc) is 3.29. The number of carbonyl (C=O) groups excluding carboxylic acids is 2. The van der Waals surface area contributed by atoms with Gasteiger partial charge >= 0.3 is 6.18 Å². The van der Waals surface area contributed by atoms with Crippen LogP contribution in [0.1, 0.15) is 51.4 Å². The third kappa shape index (κ3) is 6.57. The molecule has 1 fully saturated rings. The van der Waals surface area contributed by atoms with Gasteiger partial charge in [-0.05, 0) is 62.1 Å². The lowest BCUT2D eigenvalue weighted by Gasteiger charge is -2.27. The number of halogens is 5. The van der Waals surface area contributed by atoms with Crippen LogP contribution in [-0.4, -0.2) is 44.6 Å². The van der Waals surface area contributed by atoms with Gasteiger partial charge in [0.1, 0.15) is 12.2 Å². The van der Waals surface area contributed by atoms with E-state index in [4.69, 9.17) is 29.0 Å². The quantitative estimate of drug-likeness (QED) is 0.113. The monoisotopic (exact) mass is 595 g/mol. The Balaban J connectivity index is 1.68. The topological polar surface area (TPSA) is 152 Å². The third-order valence-electron chi connectivity index (χ3n) is 5.93. The molecule has 0 spiro atoms. The highest BCUT2D eigenvalue weighted by Crippen LogP contribution is 2.28. The molecule has 3 aromatic rings. The van der Waals surface area contributed by atoms with Crippen molar-refractivity contribution in [3.05, 3.63) is 69.1 Å². The molecule has 1 saturated carbocycles. The van der Waals surface area contributed by atoms with Crippen LogP contribution in [0, 0.1) is 6.92 Å². The van der Waals surface area contributed by atoms with Gasteiger partial charge in [0.25, 0.3) is 17.6 Å². The van der Waals surface area contributed by atoms with Crippen molar-refractivity contribution in [2.75, 3.05) is 5.32 Å². The van der Waals surface area contributed by atoms with Gasteiger partial charge in [0.2, 0.25) is 0 Å². The molecule has 4 N–H and O–H groups in total. The summed E-state index contributed by atoms with van der Waals surface area (Å²) in [5.41, 5.74) is 0.888. The first-order chi connectivity index (χ1) is 19.0. The van der Waals surface area contributed by atoms with Crippen LogP contribution in [0.3, 0.4) is 0 Å². The minimum atomic E-state index is -4.90. The standard InChI is InChI=1S/C24H22Cl2F3N9O2/c1-12-8-13(25)9-16(21(39)33-14-4-2-5-14)19(12)34-22(40)18-10-15(11-32-36-23(35-30)24(27,28)29)37-38(18)20-17(26)6-3-7-31-20/h3,6-10,14H,2,4-5,11,30H2,1H3,(H,33,39)(H,34,40). The molecule has 1 aliphatic rings. The van der Waals surface area contributed by atoms with Crippen LogP contribution in [0.15, 0.2) is 51.9 Å². The van der Waals surface area contributed by atoms with E-state index >= 15 is 0 Å². The van der Waals surface area contributed by atoms with Gasteiger partial charge in [-0.15, -0.1) is 5.11 Å². The van der Waals surface area contributed by atoms with Gasteiger partial charge in [0, 0.05) is 17.3 Å². The molecular formula is C24H22Cl2F3N9O2. The summed E-state index contributed by atoms with van der Waals surface area (Å²) in [4.78, 5) is 30.7. The number of pyridine rings is 1. The zero-order valence-corrected chi connectivity index (χ0v) is 22.3. The van der Waals surface area contributed by atoms with E-state index in [-0.39, 0.29) is 39.5 Å². The number of hydrogen-bond acceptors (Lipinski definition) is 7. The molecule has 0 atom stereocenters. The predicted octanol–water partition coefficient (Wildman–Crippen LogP) is 5.20. The summed E-state index contributed by atoms with van der Waals surface area (Å²) in [6, 6.07) is 7.46. The largest absolute Gasteiger partial charge is 0.455 e. The van der Waals surface area contributed by atoms with Crippen LogP contribution >= 0.6 is 23.2 Å². The van der Waals surface area contributed by atoms with Gasteiger partial charge in [-0.1, -0.05) is 23.2 Å². The lowest BCUT2D eigenvalue weighted by atomic mass is 9.92. The molecule has 210 valence electrons. The van der Waals surface area contributed by atoms with Crippen molar-refractivity contribution in [1.82, 2.24) is 20.1 Å². The molecule has 0 unspecified atom stereocenters. The number of azo groups is 1. The summed E-state index contributed by atoms with van der Waals surface area (Å²) >= 11 is 12.5. The number of nitrogens with two attached hydrogens (primary N) is 1. The van der Waals surface area contributed by atoms with Crippen LogP contribution in [0.4, 0.5) is 18.9 Å². The van der Waals surface area contributed by atoms with Crippen molar-refractivity contribution < 1.29 is 22.8 Å². The summed E-state index contributed by atoms with van der Waals surface area (Å²) < 4.78 is 39.6. The van der Waals surface area contributed by atoms with E-state index in [1.807, 2.05) is 0 Å². The number of amidine groups is 1. The normalized spacial score (nSPS) is 14.3. The third-order valence-corrected chi connectivity index (χ3v) is 6.44. The molecule has 1 aliphatic carbocycles. The summed E-state index contributed by atoms with van der Waals surface area (Å²) in [5, 5.41) is 19.4. The molecule has 0 aliphatic heterocycles. The molecule has 2 aromatic heterocycles. The number of aromatic nitrogens is 3. The van der Waals surface area contributed by atoms with Crippen molar-refractivity contribution in [3.63, 3.8) is 0 Å². The Morgan fingerprint density at radius 2 is 1.95 bits per heavy atom. The molecule has 1 aromatic carbocycles. The number of nitrogens with zero attached hydrogens (tertiary/aromatic N) is 6. The van der Waals surface area contributed by atoms with Gasteiger partial charge < -0.3 is 16.5 Å². The van der Waals surface area contributed by atoms with E-state index in [9.17, 15) is 22.8 Å². The van der Waals surface area contributed by atoms with Crippen LogP contribution < -0.4 is 16.5 Å². The summed E-state index contributed by atoms with van der Waals surface area (Å²) in [7, 11) is 0. The Morgan fingerprint density at radius 3 is 2.58 bits per heavy atom. The molecular weight excluding hydrogens is 574 g/mol. The average molecular weight is 596 g/mol. The number of amides is 2. The van der Waals surface area contributed by atoms with Crippen molar-refractivity contribution in [2.24, 2.45) is 21.2 Å². The number of aryl methyl sites for hydroxylation is 1. The van der Waals surface area contributed by atoms with E-state index in [0.717, 1.165) is 23.9 Å². The second-order valence-electron chi connectivity index (χ2n) is 8.79. The number of anilines is 1. The first-order valence-corrected chi connectivity index (χ1v) is 12.6. The molecule has 2 amide bonds. The number of rotatable bonds is 7. The number of nitrogens with one attached hydrogen (secondary N) is 2. The molecule has 2 heterocycles. The molecule has 11 nitrogen and oxygen atoms in total. The van der Waals surface area contributed by atoms with E-state index in [2.05, 4.69) is 36.0 Å². The fourth-order valence-corrected chi connectivity index (χ4v) is 4.25. The number of alkyl halides is 3. The Morgan fingerprint density at radius 1 is 1.20 bits per heavy atom. The lowest BCUT2D eigenvalue weighted by molar-refractivity contribution is -0.0602. The van der Waals surface area contributed by atoms with Crippen molar-refractivity contribution in [1.29, 1.82) is 0 Å². The van der Waals surface area contributed by atoms with Gasteiger partial charge in [-0.2, -0.15) is 28.5 Å². The molecule has 0 bridgehead atoms. The second kappa shape index (κ2) is 12.0. The maximum Gasteiger partial charge on any atom is 0.455 e. The Hall–Kier alpha value is -4.04. The highest BCUT2D eigenvalue weighted by Gasteiger charge is 2.36. The molecule has 16 heteroatoms. The van der Waals surface area contributed by atoms with Gasteiger partial charge in [-0.25, -0.2) is 9.67 Å². The lowest BCUT2D eigenvalue weighted by Crippen LogP contribution is -2.39. The predicted molar refractivity (Wildman–Crippen MR) is 142 cm³/mol. The van der Waals surface area contributed by atoms with Gasteiger partial charge in [0.05, 0.1) is 22.0 Å². The number of benzene rings is 1. The van der Waals surface area contributed by atoms with Crippen molar-refractivity contribution in [2.45, 2.75) is 44.9 Å². The zero-order chi connectivity index (χ0) is 29.0. The number of hydrazone groups is 1. The number of hydrogen-bond donors (Lipinski definition) is 3. The SMILES string of the molecule is Cc1cc(Cl)cc(C(=O)NC2CCC2)c1NC(=O)c1cc(CN=NC(=NN)C(F)(F)F)nn1-c1ncccc1Cl. The van der Waals surface area contributed by atoms with E-state index in [0.29, 0.717) is 10.6 Å². The maximum absolute atomic E-state index is 13.5. The highest BCUT2D eigenvalue weighted by atomic mass is 35.5. The molecule has 4 rings (SSSR count). The Bertz CT molecular complexity index is 1500. The van der Waals surface area contributed by atoms with Crippen LogP contribution in [-0.2, 0) is 6.54 Å². The Labute approximate surface area is 235 Å². The van der Waals surface area contributed by atoms with Gasteiger partial charge in [0.15, 0.2) is 5.82 Å². The zero-order valence-electron chi connectivity index (χ0n) is 20.8. The molecule has 40 heavy (non-hydrogen) atoms. The van der Waals surface area contributed by atoms with Crippen LogP contribution in [0.5, 0.6) is 0 Å². The van der Waals surface area contributed by atoms with Gasteiger partial charge in [-0.3, -0.25) is 9.59 Å². The Kier molecular flexibility index (Phi) is 8.69. The second-order valence-corrected chi connectivity index (χ2v) is 9.64. The van der Waals surface area contributed by atoms with E-state index in [1.165, 1.54) is 24.4 Å². The van der Waals surface area contributed by atoms with E-state index in [1.54, 1.807) is 19.1 Å². The summed E-state index contributed by atoms with van der Waals surface area (Å²) in [6.07, 6.45) is -0.744. The van der Waals surface area contributed by atoms with Crippen molar-refractivity contribution in [3.8, 4) is 5.82 Å². The fourth-order valence-electron chi connectivity index (χ4n) is 3.78. The minimum absolute atomic E-state index is 0.0435. The smallest absolute Gasteiger partial charge is 0.349 e. The fraction of sp³-hybridized carbons (Fsp3) is 0.292. The minimum Gasteiger partial charge on any atom is -0.349 e. The highest BCUT2D eigenvalue weighted by molar-refractivity contribution is 6.32. The number of carbonyl (C=O) groups is 2. The first-order valence-electron chi connectivity index (χ1n) is 11.8. The van der Waals surface area contributed by atoms with Crippen LogP contribution in [0.2, 0.25) is 10.0 Å². The van der Waals surface area contributed by atoms with Crippen molar-refractivity contribution >= 4 is 46.5 Å².